The monoisotopic (exact) mass is 465 g/mol. The number of hydrogen-bond acceptors (Lipinski definition) is 7. The first-order chi connectivity index (χ1) is 15.6. The van der Waals surface area contributed by atoms with Crippen molar-refractivity contribution in [3.63, 3.8) is 0 Å². The molecule has 3 N–H and O–H groups in total. The van der Waals surface area contributed by atoms with Crippen LogP contribution in [0.15, 0.2) is 36.7 Å². The summed E-state index contributed by atoms with van der Waals surface area (Å²) in [5.41, 5.74) is 9.78. The Morgan fingerprint density at radius 1 is 1.24 bits per heavy atom. The first-order valence-electron chi connectivity index (χ1n) is 11.1. The van der Waals surface area contributed by atoms with Gasteiger partial charge in [0.2, 0.25) is 0 Å². The second kappa shape index (κ2) is 9.02. The van der Waals surface area contributed by atoms with E-state index in [2.05, 4.69) is 40.4 Å². The van der Waals surface area contributed by atoms with Crippen LogP contribution in [0.1, 0.15) is 56.2 Å². The highest BCUT2D eigenvalue weighted by Crippen LogP contribution is 2.36. The van der Waals surface area contributed by atoms with Gasteiger partial charge in [-0.2, -0.15) is 0 Å². The molecule has 0 radical (unpaired) electrons. The normalized spacial score (nSPS) is 15.3. The van der Waals surface area contributed by atoms with Crippen LogP contribution in [0.4, 0.5) is 16.3 Å². The van der Waals surface area contributed by atoms with E-state index in [9.17, 15) is 4.79 Å². The quantitative estimate of drug-likeness (QED) is 0.475. The second-order valence-corrected chi connectivity index (χ2v) is 10.5. The van der Waals surface area contributed by atoms with Crippen LogP contribution in [0.3, 0.4) is 0 Å². The SMILES string of the molecule is Cc1cc(N)cc([C@@H](C)Nc2ncnc3sc(C4=CCN(C(=O)OC(C)(C)C)CC4)cc23)c1. The van der Waals surface area contributed by atoms with E-state index >= 15 is 0 Å². The molecule has 0 fully saturated rings. The lowest BCUT2D eigenvalue weighted by Gasteiger charge is -2.29. The smallest absolute Gasteiger partial charge is 0.410 e. The molecule has 3 aromatic rings. The topological polar surface area (TPSA) is 93.4 Å². The predicted molar refractivity (Wildman–Crippen MR) is 135 cm³/mol. The number of carbonyl (C=O) groups excluding carboxylic acids is 1. The molecule has 0 saturated carbocycles. The summed E-state index contributed by atoms with van der Waals surface area (Å²) in [5.74, 6) is 0.807. The van der Waals surface area contributed by atoms with Crippen molar-refractivity contribution < 1.29 is 9.53 Å². The molecule has 2 aromatic heterocycles. The number of nitrogen functional groups attached to an aromatic ring is 1. The maximum atomic E-state index is 12.3. The fraction of sp³-hybridized carbons (Fsp3) is 0.400. The molecule has 0 aliphatic carbocycles. The number of carbonyl (C=O) groups is 1. The van der Waals surface area contributed by atoms with Gasteiger partial charge in [0.25, 0.3) is 0 Å². The Morgan fingerprint density at radius 3 is 2.70 bits per heavy atom. The summed E-state index contributed by atoms with van der Waals surface area (Å²) < 4.78 is 5.50. The van der Waals surface area contributed by atoms with Crippen LogP contribution in [0, 0.1) is 6.92 Å². The summed E-state index contributed by atoms with van der Waals surface area (Å²) in [6, 6.07) is 8.28. The molecule has 0 saturated heterocycles. The number of anilines is 2. The summed E-state index contributed by atoms with van der Waals surface area (Å²) in [4.78, 5) is 25.2. The number of nitrogens with one attached hydrogen (secondary N) is 1. The molecule has 0 unspecified atom stereocenters. The Balaban J connectivity index is 1.52. The van der Waals surface area contributed by atoms with Crippen molar-refractivity contribution in [3.05, 3.63) is 52.7 Å². The van der Waals surface area contributed by atoms with Gasteiger partial charge in [-0.05, 0) is 75.9 Å². The number of thiophene rings is 1. The van der Waals surface area contributed by atoms with Gasteiger partial charge in [-0.1, -0.05) is 12.1 Å². The summed E-state index contributed by atoms with van der Waals surface area (Å²) in [7, 11) is 0. The molecular formula is C25H31N5O2S. The minimum absolute atomic E-state index is 0.0462. The molecule has 0 bridgehead atoms. The number of nitrogens with zero attached hydrogens (tertiary/aromatic N) is 3. The van der Waals surface area contributed by atoms with E-state index < -0.39 is 5.60 Å². The van der Waals surface area contributed by atoms with Gasteiger partial charge in [0.05, 0.1) is 11.4 Å². The number of benzene rings is 1. The molecule has 0 spiro atoms. The van der Waals surface area contributed by atoms with E-state index in [0.717, 1.165) is 44.1 Å². The highest BCUT2D eigenvalue weighted by Gasteiger charge is 2.24. The van der Waals surface area contributed by atoms with Crippen LogP contribution >= 0.6 is 11.3 Å². The molecule has 174 valence electrons. The Bertz CT molecular complexity index is 1190. The molecular weight excluding hydrogens is 434 g/mol. The summed E-state index contributed by atoms with van der Waals surface area (Å²) in [6.45, 7) is 11.0. The van der Waals surface area contributed by atoms with Crippen molar-refractivity contribution >= 4 is 44.7 Å². The van der Waals surface area contributed by atoms with E-state index in [1.807, 2.05) is 39.8 Å². The summed E-state index contributed by atoms with van der Waals surface area (Å²) in [5, 5.41) is 4.53. The Labute approximate surface area is 198 Å². The van der Waals surface area contributed by atoms with Crippen molar-refractivity contribution in [1.82, 2.24) is 14.9 Å². The van der Waals surface area contributed by atoms with E-state index in [-0.39, 0.29) is 12.1 Å². The van der Waals surface area contributed by atoms with Gasteiger partial charge in [0.15, 0.2) is 0 Å². The molecule has 1 atom stereocenters. The maximum absolute atomic E-state index is 12.3. The van der Waals surface area contributed by atoms with Crippen molar-refractivity contribution in [2.75, 3.05) is 24.1 Å². The number of nitrogens with two attached hydrogens (primary N) is 1. The molecule has 7 nitrogen and oxygen atoms in total. The van der Waals surface area contributed by atoms with Crippen LogP contribution in [-0.2, 0) is 4.74 Å². The number of hydrogen-bond donors (Lipinski definition) is 2. The van der Waals surface area contributed by atoms with Crippen molar-refractivity contribution in [2.24, 2.45) is 0 Å². The number of fused-ring (bicyclic) bond motifs is 1. The highest BCUT2D eigenvalue weighted by molar-refractivity contribution is 7.19. The molecule has 1 amide bonds. The van der Waals surface area contributed by atoms with Gasteiger partial charge in [-0.3, -0.25) is 0 Å². The largest absolute Gasteiger partial charge is 0.444 e. The molecule has 3 heterocycles. The lowest BCUT2D eigenvalue weighted by atomic mass is 10.0. The van der Waals surface area contributed by atoms with Crippen LogP contribution in [-0.4, -0.2) is 39.7 Å². The van der Waals surface area contributed by atoms with Gasteiger partial charge >= 0.3 is 6.09 Å². The third kappa shape index (κ3) is 5.45. The van der Waals surface area contributed by atoms with E-state index in [0.29, 0.717) is 13.1 Å². The molecule has 1 aliphatic rings. The third-order valence-electron chi connectivity index (χ3n) is 5.48. The minimum atomic E-state index is -0.490. The molecule has 8 heteroatoms. The Kier molecular flexibility index (Phi) is 6.30. The number of ether oxygens (including phenoxy) is 1. The average molecular weight is 466 g/mol. The maximum Gasteiger partial charge on any atom is 0.410 e. The third-order valence-corrected chi connectivity index (χ3v) is 6.60. The zero-order valence-electron chi connectivity index (χ0n) is 19.8. The van der Waals surface area contributed by atoms with Crippen LogP contribution in [0.5, 0.6) is 0 Å². The van der Waals surface area contributed by atoms with Crippen LogP contribution in [0.2, 0.25) is 0 Å². The number of aryl methyl sites for hydroxylation is 1. The number of amides is 1. The Morgan fingerprint density at radius 2 is 2.03 bits per heavy atom. The van der Waals surface area contributed by atoms with Crippen molar-refractivity contribution in [3.8, 4) is 0 Å². The van der Waals surface area contributed by atoms with Crippen LogP contribution in [0.25, 0.3) is 15.8 Å². The number of rotatable bonds is 4. The van der Waals surface area contributed by atoms with Crippen molar-refractivity contribution in [2.45, 2.75) is 52.7 Å². The van der Waals surface area contributed by atoms with Crippen molar-refractivity contribution in [1.29, 1.82) is 0 Å². The van der Waals surface area contributed by atoms with Gasteiger partial charge in [0.1, 0.15) is 22.6 Å². The second-order valence-electron chi connectivity index (χ2n) is 9.50. The van der Waals surface area contributed by atoms with Gasteiger partial charge in [-0.25, -0.2) is 14.8 Å². The van der Waals surface area contributed by atoms with E-state index in [1.54, 1.807) is 22.6 Å². The van der Waals surface area contributed by atoms with Crippen LogP contribution < -0.4 is 11.1 Å². The lowest BCUT2D eigenvalue weighted by Crippen LogP contribution is -2.39. The van der Waals surface area contributed by atoms with Gasteiger partial charge in [0, 0.05) is 23.7 Å². The predicted octanol–water partition coefficient (Wildman–Crippen LogP) is 5.78. The molecule has 1 aliphatic heterocycles. The fourth-order valence-electron chi connectivity index (χ4n) is 3.90. The summed E-state index contributed by atoms with van der Waals surface area (Å²) >= 11 is 1.65. The first-order valence-corrected chi connectivity index (χ1v) is 12.0. The highest BCUT2D eigenvalue weighted by atomic mass is 32.1. The zero-order valence-corrected chi connectivity index (χ0v) is 20.6. The average Bonchev–Trinajstić information content (AvgIpc) is 3.17. The minimum Gasteiger partial charge on any atom is -0.444 e. The molecule has 33 heavy (non-hydrogen) atoms. The van der Waals surface area contributed by atoms with E-state index in [1.165, 1.54) is 5.57 Å². The lowest BCUT2D eigenvalue weighted by molar-refractivity contribution is 0.0270. The van der Waals surface area contributed by atoms with Gasteiger partial charge < -0.3 is 20.7 Å². The molecule has 4 rings (SSSR count). The first kappa shape index (κ1) is 23.0. The van der Waals surface area contributed by atoms with Gasteiger partial charge in [-0.15, -0.1) is 11.3 Å². The zero-order chi connectivity index (χ0) is 23.8. The number of aromatic nitrogens is 2. The Hall–Kier alpha value is -3.13. The molecule has 1 aromatic carbocycles. The van der Waals surface area contributed by atoms with E-state index in [4.69, 9.17) is 10.5 Å². The summed E-state index contributed by atoms with van der Waals surface area (Å²) in [6.07, 6.45) is 4.22. The fourth-order valence-corrected chi connectivity index (χ4v) is 4.96. The standard InChI is InChI=1S/C25H31N5O2S/c1-15-10-18(12-19(26)11-15)16(2)29-22-20-13-21(33-23(20)28-14-27-22)17-6-8-30(9-7-17)24(31)32-25(3,4)5/h6,10-14,16H,7-9,26H2,1-5H3,(H,27,28,29)/t16-/m1/s1.